The first-order chi connectivity index (χ1) is 15.3. The molecule has 0 radical (unpaired) electrons. The normalized spacial score (nSPS) is 21.5. The summed E-state index contributed by atoms with van der Waals surface area (Å²) in [5.41, 5.74) is 1.28. The molecule has 31 heavy (non-hydrogen) atoms. The van der Waals surface area contributed by atoms with Gasteiger partial charge in [0.1, 0.15) is 0 Å². The predicted octanol–water partition coefficient (Wildman–Crippen LogP) is 2.89. The quantitative estimate of drug-likeness (QED) is 0.394. The largest absolute Gasteiger partial charge is 0.454 e. The summed E-state index contributed by atoms with van der Waals surface area (Å²) in [6, 6.07) is 6.36. The van der Waals surface area contributed by atoms with Crippen molar-refractivity contribution >= 4 is 5.96 Å². The smallest absolute Gasteiger partial charge is 0.231 e. The molecule has 172 valence electrons. The minimum absolute atomic E-state index is 0.00288. The Morgan fingerprint density at radius 2 is 1.81 bits per heavy atom. The molecule has 0 aliphatic carbocycles. The average molecular weight is 431 g/mol. The van der Waals surface area contributed by atoms with E-state index < -0.39 is 0 Å². The first-order valence-corrected chi connectivity index (χ1v) is 11.9. The van der Waals surface area contributed by atoms with Gasteiger partial charge in [0.25, 0.3) is 0 Å². The van der Waals surface area contributed by atoms with Crippen LogP contribution in [-0.2, 0) is 10.2 Å². The molecule has 0 amide bonds. The van der Waals surface area contributed by atoms with E-state index in [2.05, 4.69) is 32.7 Å². The van der Waals surface area contributed by atoms with Crippen molar-refractivity contribution in [2.45, 2.75) is 50.4 Å². The highest BCUT2D eigenvalue weighted by Gasteiger charge is 2.35. The van der Waals surface area contributed by atoms with E-state index in [1.54, 1.807) is 0 Å². The molecule has 2 fully saturated rings. The topological polar surface area (TPSA) is 67.4 Å². The molecule has 3 aliphatic rings. The fraction of sp³-hybridized carbons (Fsp3) is 0.708. The Morgan fingerprint density at radius 1 is 1.03 bits per heavy atom. The monoisotopic (exact) mass is 430 g/mol. The molecule has 2 N–H and O–H groups in total. The van der Waals surface area contributed by atoms with Crippen molar-refractivity contribution < 1.29 is 14.2 Å². The number of nitrogens with zero attached hydrogens (tertiary/aromatic N) is 2. The summed E-state index contributed by atoms with van der Waals surface area (Å²) < 4.78 is 16.8. The predicted molar refractivity (Wildman–Crippen MR) is 123 cm³/mol. The molecule has 0 saturated carbocycles. The molecule has 1 aromatic carbocycles. The van der Waals surface area contributed by atoms with Crippen molar-refractivity contribution in [1.29, 1.82) is 0 Å². The SMILES string of the molecule is CN=C(NCCCN1CCCCCC1)NCC1(c2ccc3c(c2)OCO3)CCOCC1. The van der Waals surface area contributed by atoms with E-state index in [1.807, 2.05) is 13.1 Å². The summed E-state index contributed by atoms with van der Waals surface area (Å²) in [5.74, 6) is 2.56. The summed E-state index contributed by atoms with van der Waals surface area (Å²) in [6.07, 6.45) is 8.58. The van der Waals surface area contributed by atoms with Crippen molar-refractivity contribution in [2.75, 3.05) is 59.8 Å². The molecule has 0 spiro atoms. The maximum absolute atomic E-state index is 5.68. The summed E-state index contributed by atoms with van der Waals surface area (Å²) in [4.78, 5) is 7.07. The van der Waals surface area contributed by atoms with E-state index >= 15 is 0 Å². The summed E-state index contributed by atoms with van der Waals surface area (Å²) in [6.45, 7) is 7.30. The van der Waals surface area contributed by atoms with Gasteiger partial charge in [-0.2, -0.15) is 0 Å². The van der Waals surface area contributed by atoms with Gasteiger partial charge in [-0.25, -0.2) is 0 Å². The van der Waals surface area contributed by atoms with Crippen molar-refractivity contribution in [2.24, 2.45) is 4.99 Å². The van der Waals surface area contributed by atoms with E-state index in [-0.39, 0.29) is 5.41 Å². The van der Waals surface area contributed by atoms with Crippen LogP contribution in [0.2, 0.25) is 0 Å². The van der Waals surface area contributed by atoms with Crippen LogP contribution in [0.25, 0.3) is 0 Å². The number of guanidine groups is 1. The Morgan fingerprint density at radius 3 is 2.58 bits per heavy atom. The molecule has 7 nitrogen and oxygen atoms in total. The van der Waals surface area contributed by atoms with Gasteiger partial charge in [-0.1, -0.05) is 18.9 Å². The summed E-state index contributed by atoms with van der Waals surface area (Å²) in [7, 11) is 1.85. The molecular weight excluding hydrogens is 392 g/mol. The number of ether oxygens (including phenoxy) is 3. The van der Waals surface area contributed by atoms with Crippen molar-refractivity contribution in [3.8, 4) is 11.5 Å². The van der Waals surface area contributed by atoms with Crippen LogP contribution in [0.3, 0.4) is 0 Å². The van der Waals surface area contributed by atoms with Crippen LogP contribution >= 0.6 is 0 Å². The molecular formula is C24H38N4O3. The van der Waals surface area contributed by atoms with Gasteiger partial charge in [-0.3, -0.25) is 4.99 Å². The second-order valence-corrected chi connectivity index (χ2v) is 8.92. The number of likely N-dealkylation sites (tertiary alicyclic amines) is 1. The number of hydrogen-bond acceptors (Lipinski definition) is 5. The number of hydrogen-bond donors (Lipinski definition) is 2. The van der Waals surface area contributed by atoms with Crippen molar-refractivity contribution in [3.05, 3.63) is 23.8 Å². The summed E-state index contributed by atoms with van der Waals surface area (Å²) >= 11 is 0. The number of rotatable bonds is 7. The highest BCUT2D eigenvalue weighted by Crippen LogP contribution is 2.40. The van der Waals surface area contributed by atoms with Crippen LogP contribution in [0, 0.1) is 0 Å². The third-order valence-electron chi connectivity index (χ3n) is 6.89. The van der Waals surface area contributed by atoms with Crippen LogP contribution in [0.4, 0.5) is 0 Å². The van der Waals surface area contributed by atoms with E-state index in [9.17, 15) is 0 Å². The number of fused-ring (bicyclic) bond motifs is 1. The van der Waals surface area contributed by atoms with E-state index in [0.717, 1.165) is 63.0 Å². The lowest BCUT2D eigenvalue weighted by molar-refractivity contribution is 0.0513. The maximum atomic E-state index is 5.68. The van der Waals surface area contributed by atoms with Gasteiger partial charge in [0.05, 0.1) is 0 Å². The molecule has 3 heterocycles. The molecule has 3 aliphatic heterocycles. The van der Waals surface area contributed by atoms with E-state index in [4.69, 9.17) is 14.2 Å². The second-order valence-electron chi connectivity index (χ2n) is 8.92. The molecule has 7 heteroatoms. The van der Waals surface area contributed by atoms with Crippen LogP contribution in [0.1, 0.15) is 50.5 Å². The highest BCUT2D eigenvalue weighted by atomic mass is 16.7. The van der Waals surface area contributed by atoms with Gasteiger partial charge in [0, 0.05) is 38.8 Å². The molecule has 0 unspecified atom stereocenters. The number of aliphatic imine (C=N–C) groups is 1. The van der Waals surface area contributed by atoms with Gasteiger partial charge in [0.15, 0.2) is 17.5 Å². The van der Waals surface area contributed by atoms with Crippen LogP contribution in [0.15, 0.2) is 23.2 Å². The van der Waals surface area contributed by atoms with Crippen LogP contribution < -0.4 is 20.1 Å². The third-order valence-corrected chi connectivity index (χ3v) is 6.89. The van der Waals surface area contributed by atoms with Gasteiger partial charge in [-0.15, -0.1) is 0 Å². The molecule has 4 rings (SSSR count). The van der Waals surface area contributed by atoms with Gasteiger partial charge >= 0.3 is 0 Å². The van der Waals surface area contributed by atoms with Crippen LogP contribution in [0.5, 0.6) is 11.5 Å². The van der Waals surface area contributed by atoms with Crippen LogP contribution in [-0.4, -0.2) is 70.6 Å². The zero-order valence-corrected chi connectivity index (χ0v) is 19.0. The third kappa shape index (κ3) is 5.83. The van der Waals surface area contributed by atoms with Crippen molar-refractivity contribution in [3.63, 3.8) is 0 Å². The molecule has 0 bridgehead atoms. The molecule has 0 atom stereocenters. The first-order valence-electron chi connectivity index (χ1n) is 11.9. The lowest BCUT2D eigenvalue weighted by Crippen LogP contribution is -2.48. The minimum Gasteiger partial charge on any atom is -0.454 e. The minimum atomic E-state index is 0.00288. The maximum Gasteiger partial charge on any atom is 0.231 e. The van der Waals surface area contributed by atoms with Gasteiger partial charge in [-0.05, 0) is 69.4 Å². The fourth-order valence-electron chi connectivity index (χ4n) is 4.90. The highest BCUT2D eigenvalue weighted by molar-refractivity contribution is 5.79. The Bertz CT molecular complexity index is 726. The lowest BCUT2D eigenvalue weighted by atomic mass is 9.74. The average Bonchev–Trinajstić information content (AvgIpc) is 3.13. The zero-order chi connectivity index (χ0) is 21.4. The van der Waals surface area contributed by atoms with E-state index in [1.165, 1.54) is 50.9 Å². The van der Waals surface area contributed by atoms with Gasteiger partial charge < -0.3 is 29.7 Å². The number of benzene rings is 1. The molecule has 0 aromatic heterocycles. The number of nitrogens with one attached hydrogen (secondary N) is 2. The zero-order valence-electron chi connectivity index (χ0n) is 19.0. The Hall–Kier alpha value is -1.99. The van der Waals surface area contributed by atoms with Crippen molar-refractivity contribution in [1.82, 2.24) is 15.5 Å². The Kier molecular flexibility index (Phi) is 7.92. The molecule has 1 aromatic rings. The second kappa shape index (κ2) is 11.0. The first kappa shape index (κ1) is 22.2. The van der Waals surface area contributed by atoms with Gasteiger partial charge in [0.2, 0.25) is 6.79 Å². The fourth-order valence-corrected chi connectivity index (χ4v) is 4.90. The Balaban J connectivity index is 1.30. The van der Waals surface area contributed by atoms with E-state index in [0.29, 0.717) is 6.79 Å². The standard InChI is InChI=1S/C24H38N4O3/c1-25-23(26-11-6-14-28-12-4-2-3-5-13-28)27-18-24(9-15-29-16-10-24)20-7-8-21-22(17-20)31-19-30-21/h7-8,17H,2-6,9-16,18-19H2,1H3,(H2,25,26,27). The Labute approximate surface area is 186 Å². The lowest BCUT2D eigenvalue weighted by Gasteiger charge is -2.38. The molecule has 2 saturated heterocycles. The summed E-state index contributed by atoms with van der Waals surface area (Å²) in [5, 5.41) is 7.10.